The second-order valence-electron chi connectivity index (χ2n) is 3.04. The molecule has 3 N–H and O–H groups in total. The maximum atomic E-state index is 11.4. The number of thiophene rings is 1. The molecule has 0 amide bonds. The number of hydrogen-bond acceptors (Lipinski definition) is 5. The molecule has 4 nitrogen and oxygen atoms in total. The highest BCUT2D eigenvalue weighted by molar-refractivity contribution is 7.18. The molecule has 0 saturated heterocycles. The lowest BCUT2D eigenvalue weighted by molar-refractivity contribution is 0.0533. The maximum Gasteiger partial charge on any atom is 0.350 e. The number of nitrogen functional groups attached to an aromatic ring is 1. The fourth-order valence-corrected chi connectivity index (χ4v) is 2.00. The van der Waals surface area contributed by atoms with E-state index in [0.29, 0.717) is 17.2 Å². The van der Waals surface area contributed by atoms with Crippen molar-refractivity contribution in [3.8, 4) is 0 Å². The van der Waals surface area contributed by atoms with Crippen LogP contribution in [0.25, 0.3) is 0 Å². The van der Waals surface area contributed by atoms with Crippen LogP contribution < -0.4 is 11.1 Å². The van der Waals surface area contributed by atoms with Crippen molar-refractivity contribution >= 4 is 28.0 Å². The molecule has 0 bridgehead atoms. The van der Waals surface area contributed by atoms with E-state index in [0.717, 1.165) is 18.0 Å². The lowest BCUT2D eigenvalue weighted by Gasteiger charge is -1.99. The summed E-state index contributed by atoms with van der Waals surface area (Å²) in [5.74, 6) is -0.343. The highest BCUT2D eigenvalue weighted by Crippen LogP contribution is 2.29. The molecule has 15 heavy (non-hydrogen) atoms. The van der Waals surface area contributed by atoms with Gasteiger partial charge in [0.1, 0.15) is 4.88 Å². The minimum absolute atomic E-state index is 0.343. The molecule has 0 unspecified atom stereocenters. The average Bonchev–Trinajstić information content (AvgIpc) is 2.57. The van der Waals surface area contributed by atoms with E-state index in [1.165, 1.54) is 11.3 Å². The molecule has 1 aromatic heterocycles. The van der Waals surface area contributed by atoms with Gasteiger partial charge in [0.2, 0.25) is 0 Å². The summed E-state index contributed by atoms with van der Waals surface area (Å²) in [6, 6.07) is 1.77. The number of hydrogen-bond donors (Lipinski definition) is 2. The molecule has 1 heterocycles. The van der Waals surface area contributed by atoms with E-state index >= 15 is 0 Å². The van der Waals surface area contributed by atoms with Gasteiger partial charge in [-0.15, -0.1) is 11.3 Å². The van der Waals surface area contributed by atoms with Crippen LogP contribution in [0.15, 0.2) is 6.07 Å². The highest BCUT2D eigenvalue weighted by Gasteiger charge is 2.14. The average molecular weight is 228 g/mol. The van der Waals surface area contributed by atoms with E-state index in [-0.39, 0.29) is 5.97 Å². The number of nitrogens with two attached hydrogens (primary N) is 1. The van der Waals surface area contributed by atoms with Crippen molar-refractivity contribution in [1.82, 2.24) is 0 Å². The van der Waals surface area contributed by atoms with Gasteiger partial charge in [-0.3, -0.25) is 0 Å². The Morgan fingerprint density at radius 3 is 2.93 bits per heavy atom. The van der Waals surface area contributed by atoms with Gasteiger partial charge in [-0.25, -0.2) is 4.79 Å². The third kappa shape index (κ3) is 3.13. The summed E-state index contributed by atoms with van der Waals surface area (Å²) < 4.78 is 4.89. The SMILES string of the molecule is CCCNc1cc(N)c(C(=O)OCC)s1. The Labute approximate surface area is 93.4 Å². The predicted octanol–water partition coefficient (Wildman–Crippen LogP) is 2.33. The molecule has 0 radical (unpaired) electrons. The van der Waals surface area contributed by atoms with Gasteiger partial charge in [-0.1, -0.05) is 6.92 Å². The lowest BCUT2D eigenvalue weighted by Crippen LogP contribution is -2.04. The van der Waals surface area contributed by atoms with Gasteiger partial charge in [-0.2, -0.15) is 0 Å². The van der Waals surface area contributed by atoms with Crippen molar-refractivity contribution in [2.75, 3.05) is 24.2 Å². The topological polar surface area (TPSA) is 64.3 Å². The van der Waals surface area contributed by atoms with Crippen LogP contribution in [0.2, 0.25) is 0 Å². The molecule has 0 aliphatic carbocycles. The molecule has 0 spiro atoms. The standard InChI is InChI=1S/C10H16N2O2S/c1-3-5-12-8-6-7(11)9(15-8)10(13)14-4-2/h6,12H,3-5,11H2,1-2H3. The Kier molecular flexibility index (Phi) is 4.42. The molecule has 5 heteroatoms. The zero-order chi connectivity index (χ0) is 11.3. The largest absolute Gasteiger partial charge is 0.462 e. The Balaban J connectivity index is 2.72. The van der Waals surface area contributed by atoms with E-state index in [2.05, 4.69) is 12.2 Å². The Bertz CT molecular complexity index is 336. The van der Waals surface area contributed by atoms with Crippen LogP contribution in [0.1, 0.15) is 29.9 Å². The first-order chi connectivity index (χ1) is 7.19. The van der Waals surface area contributed by atoms with E-state index in [1.54, 1.807) is 13.0 Å². The van der Waals surface area contributed by atoms with Crippen LogP contribution in [0.3, 0.4) is 0 Å². The van der Waals surface area contributed by atoms with Gasteiger partial charge in [0.05, 0.1) is 17.3 Å². The quantitative estimate of drug-likeness (QED) is 0.759. The van der Waals surface area contributed by atoms with Crippen molar-refractivity contribution < 1.29 is 9.53 Å². The second kappa shape index (κ2) is 5.60. The fourth-order valence-electron chi connectivity index (χ4n) is 1.10. The number of rotatable bonds is 5. The molecular formula is C10H16N2O2S. The first kappa shape index (κ1) is 11.8. The molecule has 0 fully saturated rings. The molecular weight excluding hydrogens is 212 g/mol. The van der Waals surface area contributed by atoms with Gasteiger partial charge in [0.15, 0.2) is 0 Å². The number of esters is 1. The van der Waals surface area contributed by atoms with E-state index in [1.807, 2.05) is 0 Å². The molecule has 0 aliphatic heterocycles. The van der Waals surface area contributed by atoms with Crippen molar-refractivity contribution in [3.05, 3.63) is 10.9 Å². The fraction of sp³-hybridized carbons (Fsp3) is 0.500. The Morgan fingerprint density at radius 2 is 2.33 bits per heavy atom. The molecule has 0 saturated carbocycles. The molecule has 0 aliphatic rings. The number of anilines is 2. The monoisotopic (exact) mass is 228 g/mol. The summed E-state index contributed by atoms with van der Waals surface area (Å²) in [7, 11) is 0. The van der Waals surface area contributed by atoms with Crippen molar-refractivity contribution in [2.24, 2.45) is 0 Å². The van der Waals surface area contributed by atoms with E-state index in [4.69, 9.17) is 10.5 Å². The molecule has 0 atom stereocenters. The second-order valence-corrected chi connectivity index (χ2v) is 4.09. The Morgan fingerprint density at radius 1 is 1.60 bits per heavy atom. The first-order valence-electron chi connectivity index (χ1n) is 4.99. The summed E-state index contributed by atoms with van der Waals surface area (Å²) in [6.07, 6.45) is 1.03. The van der Waals surface area contributed by atoms with Gasteiger partial charge >= 0.3 is 5.97 Å². The summed E-state index contributed by atoms with van der Waals surface area (Å²) in [5, 5.41) is 4.10. The molecule has 0 aromatic carbocycles. The van der Waals surface area contributed by atoms with Gasteiger partial charge < -0.3 is 15.8 Å². The lowest BCUT2D eigenvalue weighted by atomic mass is 10.4. The number of carbonyl (C=O) groups excluding carboxylic acids is 1. The third-order valence-electron chi connectivity index (χ3n) is 1.77. The first-order valence-corrected chi connectivity index (χ1v) is 5.81. The molecule has 84 valence electrons. The van der Waals surface area contributed by atoms with Crippen LogP contribution in [0, 0.1) is 0 Å². The number of ether oxygens (including phenoxy) is 1. The van der Waals surface area contributed by atoms with Crippen molar-refractivity contribution in [2.45, 2.75) is 20.3 Å². The van der Waals surface area contributed by atoms with E-state index < -0.39 is 0 Å². The van der Waals surface area contributed by atoms with Crippen LogP contribution in [0.5, 0.6) is 0 Å². The molecule has 1 rings (SSSR count). The van der Waals surface area contributed by atoms with Gasteiger partial charge in [0, 0.05) is 6.54 Å². The minimum Gasteiger partial charge on any atom is -0.462 e. The van der Waals surface area contributed by atoms with Crippen LogP contribution in [-0.4, -0.2) is 19.1 Å². The summed E-state index contributed by atoms with van der Waals surface area (Å²) >= 11 is 1.34. The highest BCUT2D eigenvalue weighted by atomic mass is 32.1. The van der Waals surface area contributed by atoms with Crippen molar-refractivity contribution in [3.63, 3.8) is 0 Å². The van der Waals surface area contributed by atoms with Crippen LogP contribution in [0.4, 0.5) is 10.7 Å². The zero-order valence-electron chi connectivity index (χ0n) is 9.00. The normalized spacial score (nSPS) is 10.0. The maximum absolute atomic E-state index is 11.4. The molecule has 1 aromatic rings. The van der Waals surface area contributed by atoms with Gasteiger partial charge in [0.25, 0.3) is 0 Å². The minimum atomic E-state index is -0.343. The van der Waals surface area contributed by atoms with Crippen LogP contribution in [-0.2, 0) is 4.74 Å². The number of nitrogens with one attached hydrogen (secondary N) is 1. The van der Waals surface area contributed by atoms with Gasteiger partial charge in [-0.05, 0) is 19.4 Å². The summed E-state index contributed by atoms with van der Waals surface area (Å²) in [6.45, 7) is 5.10. The number of carbonyl (C=O) groups is 1. The van der Waals surface area contributed by atoms with Crippen LogP contribution >= 0.6 is 11.3 Å². The van der Waals surface area contributed by atoms with Crippen molar-refractivity contribution in [1.29, 1.82) is 0 Å². The third-order valence-corrected chi connectivity index (χ3v) is 2.86. The summed E-state index contributed by atoms with van der Waals surface area (Å²) in [5.41, 5.74) is 6.20. The Hall–Kier alpha value is -1.23. The zero-order valence-corrected chi connectivity index (χ0v) is 9.82. The predicted molar refractivity (Wildman–Crippen MR) is 63.5 cm³/mol. The summed E-state index contributed by atoms with van der Waals surface area (Å²) in [4.78, 5) is 11.9. The smallest absolute Gasteiger partial charge is 0.350 e. The van der Waals surface area contributed by atoms with E-state index in [9.17, 15) is 4.79 Å².